The summed E-state index contributed by atoms with van der Waals surface area (Å²) in [6.07, 6.45) is 0.258. The first-order valence-electron chi connectivity index (χ1n) is 5.36. The van der Waals surface area contributed by atoms with E-state index in [1.54, 1.807) is 0 Å². The number of carbonyl (C=O) groups is 2. The number of aromatic carboxylic acids is 2. The van der Waals surface area contributed by atoms with Crippen LogP contribution in [0.5, 0.6) is 0 Å². The Morgan fingerprint density at radius 2 is 1.56 bits per heavy atom. The van der Waals surface area contributed by atoms with E-state index in [2.05, 4.69) is 0 Å². The fourth-order valence-corrected chi connectivity index (χ4v) is 1.87. The first kappa shape index (κ1) is 14.1. The maximum absolute atomic E-state index is 11.2. The monoisotopic (exact) mass is 254 g/mol. The molecule has 0 spiro atoms. The predicted octanol–water partition coefficient (Wildman–Crippen LogP) is 0.153. The second-order valence-electron chi connectivity index (χ2n) is 3.68. The molecule has 1 aromatic rings. The van der Waals surface area contributed by atoms with Gasteiger partial charge in [0, 0.05) is 13.2 Å². The third-order valence-electron chi connectivity index (χ3n) is 2.60. The van der Waals surface area contributed by atoms with Gasteiger partial charge in [-0.1, -0.05) is 6.07 Å². The number of aliphatic hydroxyl groups excluding tert-OH is 2. The van der Waals surface area contributed by atoms with Crippen LogP contribution in [-0.2, 0) is 12.8 Å². The van der Waals surface area contributed by atoms with Crippen LogP contribution in [0.3, 0.4) is 0 Å². The second-order valence-corrected chi connectivity index (χ2v) is 3.68. The molecular weight excluding hydrogens is 240 g/mol. The lowest BCUT2D eigenvalue weighted by molar-refractivity contribution is 0.0650. The van der Waals surface area contributed by atoms with Crippen LogP contribution in [0.15, 0.2) is 12.1 Å². The van der Waals surface area contributed by atoms with Crippen LogP contribution < -0.4 is 0 Å². The van der Waals surface area contributed by atoms with Crippen molar-refractivity contribution in [2.24, 2.45) is 0 Å². The summed E-state index contributed by atoms with van der Waals surface area (Å²) in [5, 5.41) is 35.9. The zero-order chi connectivity index (χ0) is 13.7. The molecule has 0 bridgehead atoms. The minimum atomic E-state index is -1.35. The standard InChI is InChI=1S/C12H14O6/c13-5-3-7-1-2-9(11(15)16)10(12(17)18)8(7)4-6-14/h1-2,13-14H,3-6H2,(H,15,16)(H,17,18). The Morgan fingerprint density at radius 1 is 0.944 bits per heavy atom. The number of hydrogen-bond donors (Lipinski definition) is 4. The van der Waals surface area contributed by atoms with E-state index >= 15 is 0 Å². The Balaban J connectivity index is 3.48. The van der Waals surface area contributed by atoms with E-state index in [9.17, 15) is 9.59 Å². The number of hydrogen-bond acceptors (Lipinski definition) is 4. The Hall–Kier alpha value is -1.92. The number of aliphatic hydroxyl groups is 2. The van der Waals surface area contributed by atoms with Crippen molar-refractivity contribution in [2.45, 2.75) is 12.8 Å². The van der Waals surface area contributed by atoms with Crippen LogP contribution in [0.2, 0.25) is 0 Å². The number of carboxylic acids is 2. The molecule has 0 saturated carbocycles. The average Bonchev–Trinajstić information content (AvgIpc) is 2.30. The van der Waals surface area contributed by atoms with E-state index in [-0.39, 0.29) is 42.7 Å². The van der Waals surface area contributed by atoms with Gasteiger partial charge in [0.1, 0.15) is 0 Å². The highest BCUT2D eigenvalue weighted by Crippen LogP contribution is 2.21. The van der Waals surface area contributed by atoms with Crippen molar-refractivity contribution in [1.29, 1.82) is 0 Å². The van der Waals surface area contributed by atoms with E-state index < -0.39 is 11.9 Å². The molecule has 0 atom stereocenters. The summed E-state index contributed by atoms with van der Waals surface area (Å²) >= 11 is 0. The molecule has 6 heteroatoms. The zero-order valence-electron chi connectivity index (χ0n) is 9.59. The lowest BCUT2D eigenvalue weighted by Gasteiger charge is -2.13. The van der Waals surface area contributed by atoms with E-state index in [0.29, 0.717) is 5.56 Å². The molecule has 4 N–H and O–H groups in total. The maximum atomic E-state index is 11.2. The first-order chi connectivity index (χ1) is 8.52. The fourth-order valence-electron chi connectivity index (χ4n) is 1.87. The third-order valence-corrected chi connectivity index (χ3v) is 2.60. The van der Waals surface area contributed by atoms with Crippen molar-refractivity contribution in [3.63, 3.8) is 0 Å². The van der Waals surface area contributed by atoms with Gasteiger partial charge in [0.05, 0.1) is 11.1 Å². The van der Waals surface area contributed by atoms with Crippen LogP contribution in [-0.4, -0.2) is 45.6 Å². The van der Waals surface area contributed by atoms with Crippen molar-refractivity contribution in [3.05, 3.63) is 34.4 Å². The number of benzene rings is 1. The molecule has 98 valence electrons. The van der Waals surface area contributed by atoms with Crippen LogP contribution in [0.1, 0.15) is 31.8 Å². The van der Waals surface area contributed by atoms with Crippen LogP contribution in [0, 0.1) is 0 Å². The number of rotatable bonds is 6. The van der Waals surface area contributed by atoms with Gasteiger partial charge in [-0.3, -0.25) is 0 Å². The lowest BCUT2D eigenvalue weighted by Crippen LogP contribution is -2.15. The predicted molar refractivity (Wildman–Crippen MR) is 61.9 cm³/mol. The van der Waals surface area contributed by atoms with E-state index in [1.165, 1.54) is 12.1 Å². The van der Waals surface area contributed by atoms with Gasteiger partial charge in [0.25, 0.3) is 0 Å². The highest BCUT2D eigenvalue weighted by molar-refractivity contribution is 6.03. The lowest BCUT2D eigenvalue weighted by atomic mass is 9.92. The van der Waals surface area contributed by atoms with Crippen molar-refractivity contribution in [1.82, 2.24) is 0 Å². The second kappa shape index (κ2) is 6.13. The van der Waals surface area contributed by atoms with E-state index in [0.717, 1.165) is 0 Å². The Bertz CT molecular complexity index is 466. The Morgan fingerprint density at radius 3 is 2.00 bits per heavy atom. The molecular formula is C12H14O6. The largest absolute Gasteiger partial charge is 0.478 e. The summed E-state index contributed by atoms with van der Waals surface area (Å²) < 4.78 is 0. The molecule has 0 saturated heterocycles. The van der Waals surface area contributed by atoms with Gasteiger partial charge >= 0.3 is 11.9 Å². The molecule has 18 heavy (non-hydrogen) atoms. The van der Waals surface area contributed by atoms with Gasteiger partial charge in [0.15, 0.2) is 0 Å². The summed E-state index contributed by atoms with van der Waals surface area (Å²) in [7, 11) is 0. The molecule has 0 aliphatic rings. The average molecular weight is 254 g/mol. The molecule has 0 radical (unpaired) electrons. The highest BCUT2D eigenvalue weighted by atomic mass is 16.4. The van der Waals surface area contributed by atoms with Gasteiger partial charge in [0.2, 0.25) is 0 Å². The first-order valence-corrected chi connectivity index (χ1v) is 5.36. The van der Waals surface area contributed by atoms with Gasteiger partial charge < -0.3 is 20.4 Å². The Labute approximate surface area is 103 Å². The highest BCUT2D eigenvalue weighted by Gasteiger charge is 2.22. The van der Waals surface area contributed by atoms with Crippen molar-refractivity contribution in [2.75, 3.05) is 13.2 Å². The SMILES string of the molecule is O=C(O)c1ccc(CCO)c(CCO)c1C(=O)O. The molecule has 0 unspecified atom stereocenters. The molecule has 6 nitrogen and oxygen atoms in total. The van der Waals surface area contributed by atoms with Crippen LogP contribution in [0.25, 0.3) is 0 Å². The summed E-state index contributed by atoms with van der Waals surface area (Å²) in [5.41, 5.74) is 0.169. The zero-order valence-corrected chi connectivity index (χ0v) is 9.59. The van der Waals surface area contributed by atoms with Gasteiger partial charge in [-0.05, 0) is 30.0 Å². The molecule has 0 fully saturated rings. The summed E-state index contributed by atoms with van der Waals surface area (Å²) in [6, 6.07) is 2.68. The van der Waals surface area contributed by atoms with Gasteiger partial charge in [-0.2, -0.15) is 0 Å². The summed E-state index contributed by atoms with van der Waals surface area (Å²) in [6.45, 7) is -0.467. The van der Waals surface area contributed by atoms with Gasteiger partial charge in [-0.25, -0.2) is 9.59 Å². The van der Waals surface area contributed by atoms with Crippen molar-refractivity contribution in [3.8, 4) is 0 Å². The molecule has 0 aliphatic carbocycles. The maximum Gasteiger partial charge on any atom is 0.336 e. The normalized spacial score (nSPS) is 10.3. The smallest absolute Gasteiger partial charge is 0.336 e. The fraction of sp³-hybridized carbons (Fsp3) is 0.333. The minimum absolute atomic E-state index is 0.0398. The molecule has 0 aromatic heterocycles. The van der Waals surface area contributed by atoms with Crippen LogP contribution >= 0.6 is 0 Å². The third kappa shape index (κ3) is 2.85. The molecule has 0 amide bonds. The van der Waals surface area contributed by atoms with Crippen molar-refractivity contribution >= 4 is 11.9 Å². The number of carboxylic acid groups (broad SMARTS) is 2. The van der Waals surface area contributed by atoms with E-state index in [4.69, 9.17) is 20.4 Å². The van der Waals surface area contributed by atoms with Crippen molar-refractivity contribution < 1.29 is 30.0 Å². The van der Waals surface area contributed by atoms with E-state index in [1.807, 2.05) is 0 Å². The molecule has 0 heterocycles. The Kier molecular flexibility index (Phi) is 4.82. The van der Waals surface area contributed by atoms with Crippen LogP contribution in [0.4, 0.5) is 0 Å². The summed E-state index contributed by atoms with van der Waals surface area (Å²) in [4.78, 5) is 22.1. The summed E-state index contributed by atoms with van der Waals surface area (Å²) in [5.74, 6) is -2.68. The molecule has 1 rings (SSSR count). The minimum Gasteiger partial charge on any atom is -0.478 e. The quantitative estimate of drug-likeness (QED) is 0.574. The molecule has 0 aliphatic heterocycles. The topological polar surface area (TPSA) is 115 Å². The van der Waals surface area contributed by atoms with Gasteiger partial charge in [-0.15, -0.1) is 0 Å². The molecule has 1 aromatic carbocycles.